The highest BCUT2D eigenvalue weighted by atomic mass is 16.3. The largest absolute Gasteiger partial charge is 0.396 e. The number of nitrogens with zero attached hydrogens (tertiary/aromatic N) is 1. The molecule has 6 heteroatoms. The predicted octanol–water partition coefficient (Wildman–Crippen LogP) is 3.96. The average Bonchev–Trinajstić information content (AvgIpc) is 2.76. The van der Waals surface area contributed by atoms with Crippen LogP contribution < -0.4 is 10.6 Å². The molecule has 180 valence electrons. The van der Waals surface area contributed by atoms with Crippen molar-refractivity contribution in [2.24, 2.45) is 0 Å². The van der Waals surface area contributed by atoms with Crippen LogP contribution in [0.2, 0.25) is 0 Å². The minimum Gasteiger partial charge on any atom is -0.396 e. The van der Waals surface area contributed by atoms with Crippen LogP contribution in [0.4, 0.5) is 0 Å². The van der Waals surface area contributed by atoms with Gasteiger partial charge in [0.05, 0.1) is 0 Å². The van der Waals surface area contributed by atoms with Crippen molar-refractivity contribution in [2.45, 2.75) is 84.5 Å². The van der Waals surface area contributed by atoms with Gasteiger partial charge in [-0.15, -0.1) is 0 Å². The Bertz CT molecular complexity index is 452. The molecule has 0 saturated heterocycles. The van der Waals surface area contributed by atoms with E-state index in [1.807, 2.05) is 26.0 Å². The lowest BCUT2D eigenvalue weighted by atomic mass is 10.2. The monoisotopic (exact) mass is 437 g/mol. The Balaban J connectivity index is 3.85. The second-order valence-corrected chi connectivity index (χ2v) is 7.96. The minimum atomic E-state index is 0.135. The van der Waals surface area contributed by atoms with Crippen LogP contribution in [0.1, 0.15) is 84.5 Å². The van der Waals surface area contributed by atoms with Gasteiger partial charge >= 0.3 is 0 Å². The summed E-state index contributed by atoms with van der Waals surface area (Å²) < 4.78 is 0. The molecule has 6 nitrogen and oxygen atoms in total. The second-order valence-electron chi connectivity index (χ2n) is 7.96. The number of rotatable bonds is 21. The van der Waals surface area contributed by atoms with Crippen LogP contribution in [0.3, 0.4) is 0 Å². The van der Waals surface area contributed by atoms with E-state index in [1.165, 1.54) is 0 Å². The highest BCUT2D eigenvalue weighted by molar-refractivity contribution is 5.76. The number of carbonyl (C=O) groups excluding carboxylic acids is 2. The summed E-state index contributed by atoms with van der Waals surface area (Å²) in [7, 11) is 0. The quantitative estimate of drug-likeness (QED) is 0.188. The van der Waals surface area contributed by atoms with E-state index in [2.05, 4.69) is 27.7 Å². The van der Waals surface area contributed by atoms with Crippen LogP contribution in [-0.4, -0.2) is 61.2 Å². The Kier molecular flexibility index (Phi) is 21.8. The summed E-state index contributed by atoms with van der Waals surface area (Å²) in [6, 6.07) is 0. The predicted molar refractivity (Wildman–Crippen MR) is 130 cm³/mol. The van der Waals surface area contributed by atoms with Crippen LogP contribution in [0.5, 0.6) is 0 Å². The second kappa shape index (κ2) is 23.0. The summed E-state index contributed by atoms with van der Waals surface area (Å²) in [5.74, 6) is 0.270. The van der Waals surface area contributed by atoms with Gasteiger partial charge < -0.3 is 20.6 Å². The molecule has 0 aliphatic carbocycles. The Labute approximate surface area is 190 Å². The number of amides is 2. The van der Waals surface area contributed by atoms with Crippen molar-refractivity contribution in [2.75, 3.05) is 39.3 Å². The van der Waals surface area contributed by atoms with E-state index < -0.39 is 0 Å². The summed E-state index contributed by atoms with van der Waals surface area (Å²) in [5.41, 5.74) is 0. The zero-order valence-electron chi connectivity index (χ0n) is 20.0. The lowest BCUT2D eigenvalue weighted by Crippen LogP contribution is -2.33. The molecule has 0 heterocycles. The Hall–Kier alpha value is -1.66. The van der Waals surface area contributed by atoms with Crippen LogP contribution in [0.25, 0.3) is 0 Å². The maximum Gasteiger partial charge on any atom is 0.219 e. The van der Waals surface area contributed by atoms with E-state index in [0.29, 0.717) is 25.9 Å². The zero-order valence-corrected chi connectivity index (χ0v) is 20.0. The molecule has 0 aliphatic heterocycles. The molecule has 31 heavy (non-hydrogen) atoms. The van der Waals surface area contributed by atoms with Crippen molar-refractivity contribution in [1.82, 2.24) is 15.5 Å². The molecular weight excluding hydrogens is 390 g/mol. The highest BCUT2D eigenvalue weighted by Crippen LogP contribution is 2.02. The van der Waals surface area contributed by atoms with Crippen LogP contribution in [-0.2, 0) is 9.59 Å². The fourth-order valence-electron chi connectivity index (χ4n) is 3.30. The maximum absolute atomic E-state index is 11.9. The highest BCUT2D eigenvalue weighted by Gasteiger charge is 2.06. The first-order valence-electron chi connectivity index (χ1n) is 12.2. The topological polar surface area (TPSA) is 81.7 Å². The van der Waals surface area contributed by atoms with E-state index in [1.54, 1.807) is 0 Å². The number of carbonyl (C=O) groups is 2. The van der Waals surface area contributed by atoms with Gasteiger partial charge in [-0.2, -0.15) is 0 Å². The molecule has 0 rings (SSSR count). The van der Waals surface area contributed by atoms with Gasteiger partial charge in [0.1, 0.15) is 0 Å². The summed E-state index contributed by atoms with van der Waals surface area (Å²) in [6.07, 6.45) is 18.2. The lowest BCUT2D eigenvalue weighted by molar-refractivity contribution is -0.122. The molecule has 0 aliphatic rings. The van der Waals surface area contributed by atoms with Gasteiger partial charge in [0.2, 0.25) is 11.8 Å². The molecule has 0 atom stereocenters. The summed E-state index contributed by atoms with van der Waals surface area (Å²) in [4.78, 5) is 26.1. The van der Waals surface area contributed by atoms with Gasteiger partial charge in [-0.1, -0.05) is 24.3 Å². The molecule has 3 N–H and O–H groups in total. The van der Waals surface area contributed by atoms with Crippen molar-refractivity contribution in [1.29, 1.82) is 0 Å². The van der Waals surface area contributed by atoms with Gasteiger partial charge in [-0.3, -0.25) is 9.59 Å². The number of aliphatic hydroxyl groups is 1. The number of nitrogens with one attached hydrogen (secondary N) is 2. The van der Waals surface area contributed by atoms with E-state index >= 15 is 0 Å². The molecule has 0 fully saturated rings. The normalized spacial score (nSPS) is 11.6. The van der Waals surface area contributed by atoms with Crippen molar-refractivity contribution in [3.05, 3.63) is 24.3 Å². The fraction of sp³-hybridized carbons (Fsp3) is 0.760. The fourth-order valence-corrected chi connectivity index (χ4v) is 3.30. The zero-order chi connectivity index (χ0) is 23.0. The van der Waals surface area contributed by atoms with E-state index in [-0.39, 0.29) is 18.4 Å². The summed E-state index contributed by atoms with van der Waals surface area (Å²) in [5, 5.41) is 15.1. The Morgan fingerprint density at radius 1 is 0.710 bits per heavy atom. The molecule has 0 radical (unpaired) electrons. The third-order valence-corrected chi connectivity index (χ3v) is 5.10. The molecule has 0 aromatic rings. The first kappa shape index (κ1) is 29.3. The van der Waals surface area contributed by atoms with Gasteiger partial charge in [0.25, 0.3) is 0 Å². The van der Waals surface area contributed by atoms with Crippen LogP contribution >= 0.6 is 0 Å². The van der Waals surface area contributed by atoms with Crippen molar-refractivity contribution in [3.8, 4) is 0 Å². The van der Waals surface area contributed by atoms with Crippen molar-refractivity contribution >= 4 is 11.8 Å². The van der Waals surface area contributed by atoms with Crippen LogP contribution in [0.15, 0.2) is 24.3 Å². The van der Waals surface area contributed by atoms with Crippen LogP contribution in [0, 0.1) is 0 Å². The molecule has 0 unspecified atom stereocenters. The minimum absolute atomic E-state index is 0.135. The summed E-state index contributed by atoms with van der Waals surface area (Å²) >= 11 is 0. The number of aliphatic hydroxyl groups excluding tert-OH is 1. The molecular formula is C25H47N3O3. The van der Waals surface area contributed by atoms with Gasteiger partial charge in [0, 0.05) is 39.1 Å². The smallest absolute Gasteiger partial charge is 0.219 e. The first-order chi connectivity index (χ1) is 15.1. The molecule has 0 aromatic carbocycles. The van der Waals surface area contributed by atoms with Crippen molar-refractivity contribution in [3.63, 3.8) is 0 Å². The number of hydrogen-bond acceptors (Lipinski definition) is 4. The van der Waals surface area contributed by atoms with Gasteiger partial charge in [-0.25, -0.2) is 0 Å². The number of hydrogen-bond donors (Lipinski definition) is 3. The molecule has 0 bridgehead atoms. The van der Waals surface area contributed by atoms with E-state index in [0.717, 1.165) is 77.4 Å². The molecule has 0 spiro atoms. The van der Waals surface area contributed by atoms with Crippen molar-refractivity contribution < 1.29 is 14.7 Å². The van der Waals surface area contributed by atoms with Gasteiger partial charge in [-0.05, 0) is 84.7 Å². The van der Waals surface area contributed by atoms with E-state index in [4.69, 9.17) is 5.11 Å². The Morgan fingerprint density at radius 2 is 1.16 bits per heavy atom. The number of allylic oxidation sites excluding steroid dienone is 4. The molecule has 2 amide bonds. The van der Waals surface area contributed by atoms with E-state index in [9.17, 15) is 9.59 Å². The SMILES string of the molecule is C/C=C/CCCCC(=O)NCCCN(CCCO)CCCNC(=O)CCCC/C=C/C. The lowest BCUT2D eigenvalue weighted by Gasteiger charge is -2.22. The van der Waals surface area contributed by atoms with Gasteiger partial charge in [0.15, 0.2) is 0 Å². The maximum atomic E-state index is 11.9. The molecule has 0 saturated carbocycles. The number of unbranched alkanes of at least 4 members (excludes halogenated alkanes) is 4. The standard InChI is InChI=1S/C25H47N3O3/c1-3-5-7-9-11-16-24(30)26-18-13-20-28(22-15-23-29)21-14-19-27-25(31)17-12-10-8-6-4-2/h3-6,29H,7-23H2,1-2H3,(H,26,30)(H,27,31)/b5-3+,6-4+. The third-order valence-electron chi connectivity index (χ3n) is 5.10. The third kappa shape index (κ3) is 21.4. The Morgan fingerprint density at radius 3 is 1.58 bits per heavy atom. The molecule has 0 aromatic heterocycles. The first-order valence-corrected chi connectivity index (χ1v) is 12.2. The average molecular weight is 438 g/mol. The summed E-state index contributed by atoms with van der Waals surface area (Å²) in [6.45, 7) is 8.21.